The molecule has 0 fully saturated rings. The predicted molar refractivity (Wildman–Crippen MR) is 134 cm³/mol. The Hall–Kier alpha value is -3.09. The molecule has 1 aliphatic rings. The van der Waals surface area contributed by atoms with Crippen LogP contribution in [0.5, 0.6) is 0 Å². The number of halogens is 1. The molecule has 0 N–H and O–H groups in total. The van der Waals surface area contributed by atoms with Crippen molar-refractivity contribution in [1.82, 2.24) is 9.55 Å². The summed E-state index contributed by atoms with van der Waals surface area (Å²) in [5, 5.41) is 1.33. The molecule has 1 aliphatic heterocycles. The minimum Gasteiger partial charge on any atom is -0.311 e. The topological polar surface area (TPSA) is 55.2 Å². The summed E-state index contributed by atoms with van der Waals surface area (Å²) in [6.07, 6.45) is 0.856. The highest BCUT2D eigenvalue weighted by molar-refractivity contribution is 8.00. The molecule has 166 valence electrons. The van der Waals surface area contributed by atoms with Crippen molar-refractivity contribution in [3.63, 3.8) is 0 Å². The van der Waals surface area contributed by atoms with E-state index >= 15 is 0 Å². The summed E-state index contributed by atoms with van der Waals surface area (Å²) in [5.74, 6) is 0.0189. The number of thioether (sulfide) groups is 1. The van der Waals surface area contributed by atoms with Gasteiger partial charge in [0, 0.05) is 17.3 Å². The van der Waals surface area contributed by atoms with Crippen LogP contribution >= 0.6 is 23.4 Å². The van der Waals surface area contributed by atoms with Crippen molar-refractivity contribution < 1.29 is 4.79 Å². The highest BCUT2D eigenvalue weighted by Gasteiger charge is 2.29. The summed E-state index contributed by atoms with van der Waals surface area (Å²) in [4.78, 5) is 33.3. The van der Waals surface area contributed by atoms with Crippen LogP contribution in [-0.4, -0.2) is 27.3 Å². The Kier molecular flexibility index (Phi) is 5.96. The number of fused-ring (bicyclic) bond motifs is 2. The zero-order valence-electron chi connectivity index (χ0n) is 18.1. The molecule has 2 heterocycles. The molecule has 33 heavy (non-hydrogen) atoms. The molecule has 1 atom stereocenters. The molecular weight excluding hydrogens is 454 g/mol. The maximum atomic E-state index is 13.4. The number of rotatable bonds is 5. The maximum Gasteiger partial charge on any atom is 0.262 e. The Labute approximate surface area is 201 Å². The monoisotopic (exact) mass is 475 g/mol. The average Bonchev–Trinajstić information content (AvgIpc) is 3.26. The molecule has 5 nitrogen and oxygen atoms in total. The van der Waals surface area contributed by atoms with Crippen LogP contribution in [-0.2, 0) is 17.8 Å². The molecule has 0 unspecified atom stereocenters. The SMILES string of the molecule is C[C@H](Sc1nc2ccccc2c(=O)n1Cc1ccc(Cl)cc1)C(=O)N1CCc2ccccc21. The third kappa shape index (κ3) is 4.28. The second-order valence-electron chi connectivity index (χ2n) is 8.06. The highest BCUT2D eigenvalue weighted by Crippen LogP contribution is 2.31. The maximum absolute atomic E-state index is 13.4. The van der Waals surface area contributed by atoms with E-state index in [1.165, 1.54) is 17.3 Å². The van der Waals surface area contributed by atoms with Crippen LogP contribution in [0.2, 0.25) is 5.02 Å². The van der Waals surface area contributed by atoms with Crippen LogP contribution in [0.4, 0.5) is 5.69 Å². The summed E-state index contributed by atoms with van der Waals surface area (Å²) in [6.45, 7) is 2.90. The van der Waals surface area contributed by atoms with Crippen molar-refractivity contribution in [2.24, 2.45) is 0 Å². The fourth-order valence-electron chi connectivity index (χ4n) is 4.14. The van der Waals surface area contributed by atoms with E-state index < -0.39 is 5.25 Å². The number of hydrogen-bond acceptors (Lipinski definition) is 4. The zero-order valence-corrected chi connectivity index (χ0v) is 19.6. The Balaban J connectivity index is 1.49. The number of nitrogens with zero attached hydrogens (tertiary/aromatic N) is 3. The molecule has 7 heteroatoms. The zero-order chi connectivity index (χ0) is 22.9. The first-order chi connectivity index (χ1) is 16.0. The van der Waals surface area contributed by atoms with Gasteiger partial charge in [0.1, 0.15) is 0 Å². The molecule has 0 aliphatic carbocycles. The molecule has 1 aromatic heterocycles. The van der Waals surface area contributed by atoms with Gasteiger partial charge in [0.2, 0.25) is 5.91 Å². The fourth-order valence-corrected chi connectivity index (χ4v) is 5.24. The van der Waals surface area contributed by atoms with E-state index in [0.717, 1.165) is 17.7 Å². The van der Waals surface area contributed by atoms with E-state index in [4.69, 9.17) is 16.6 Å². The van der Waals surface area contributed by atoms with Gasteiger partial charge in [-0.1, -0.05) is 65.8 Å². The number of carbonyl (C=O) groups is 1. The van der Waals surface area contributed by atoms with E-state index in [-0.39, 0.29) is 11.5 Å². The molecule has 0 radical (unpaired) electrons. The molecule has 1 amide bonds. The van der Waals surface area contributed by atoms with E-state index in [0.29, 0.717) is 34.2 Å². The third-order valence-corrected chi connectivity index (χ3v) is 7.19. The lowest BCUT2D eigenvalue weighted by Crippen LogP contribution is -2.35. The average molecular weight is 476 g/mol. The minimum absolute atomic E-state index is 0.0189. The lowest BCUT2D eigenvalue weighted by Gasteiger charge is -2.22. The quantitative estimate of drug-likeness (QED) is 0.295. The third-order valence-electron chi connectivity index (χ3n) is 5.86. The minimum atomic E-state index is -0.402. The number of aromatic nitrogens is 2. The number of hydrogen-bond donors (Lipinski definition) is 0. The lowest BCUT2D eigenvalue weighted by atomic mass is 10.2. The number of carbonyl (C=O) groups excluding carboxylic acids is 1. The molecule has 0 saturated heterocycles. The highest BCUT2D eigenvalue weighted by atomic mass is 35.5. The van der Waals surface area contributed by atoms with Gasteiger partial charge in [0.15, 0.2) is 5.16 Å². The molecule has 5 rings (SSSR count). The largest absolute Gasteiger partial charge is 0.311 e. The van der Waals surface area contributed by atoms with E-state index in [1.54, 1.807) is 22.8 Å². The van der Waals surface area contributed by atoms with Crippen molar-refractivity contribution in [3.05, 3.63) is 99.3 Å². The molecule has 0 saturated carbocycles. The van der Waals surface area contributed by atoms with Gasteiger partial charge in [0.05, 0.1) is 22.7 Å². The van der Waals surface area contributed by atoms with Crippen LogP contribution in [0.25, 0.3) is 10.9 Å². The van der Waals surface area contributed by atoms with Crippen LogP contribution in [0, 0.1) is 0 Å². The number of para-hydroxylation sites is 2. The number of anilines is 1. The van der Waals surface area contributed by atoms with Gasteiger partial charge in [-0.2, -0.15) is 0 Å². The first kappa shape index (κ1) is 21.7. The van der Waals surface area contributed by atoms with Gasteiger partial charge < -0.3 is 4.90 Å². The van der Waals surface area contributed by atoms with Crippen molar-refractivity contribution >= 4 is 45.9 Å². The number of amides is 1. The van der Waals surface area contributed by atoms with Crippen molar-refractivity contribution in [1.29, 1.82) is 0 Å². The summed E-state index contributed by atoms with van der Waals surface area (Å²) in [5.41, 5.74) is 3.60. The Morgan fingerprint density at radius 3 is 2.61 bits per heavy atom. The second-order valence-corrected chi connectivity index (χ2v) is 9.80. The first-order valence-corrected chi connectivity index (χ1v) is 12.1. The Morgan fingerprint density at radius 1 is 1.06 bits per heavy atom. The van der Waals surface area contributed by atoms with Crippen molar-refractivity contribution in [2.75, 3.05) is 11.4 Å². The Morgan fingerprint density at radius 2 is 1.79 bits per heavy atom. The summed E-state index contributed by atoms with van der Waals surface area (Å²) in [6, 6.07) is 22.7. The number of benzene rings is 3. The van der Waals surface area contributed by atoms with Crippen molar-refractivity contribution in [2.45, 2.75) is 30.3 Å². The molecule has 3 aromatic carbocycles. The van der Waals surface area contributed by atoms with Gasteiger partial charge in [-0.25, -0.2) is 4.98 Å². The second kappa shape index (κ2) is 9.04. The van der Waals surface area contributed by atoms with E-state index in [1.807, 2.05) is 60.4 Å². The van der Waals surface area contributed by atoms with Crippen LogP contribution in [0.3, 0.4) is 0 Å². The molecular formula is C26H22ClN3O2S. The fraction of sp³-hybridized carbons (Fsp3) is 0.192. The summed E-state index contributed by atoms with van der Waals surface area (Å²) < 4.78 is 1.65. The predicted octanol–water partition coefficient (Wildman–Crippen LogP) is 5.17. The van der Waals surface area contributed by atoms with Gasteiger partial charge in [-0.3, -0.25) is 14.2 Å². The van der Waals surface area contributed by atoms with Gasteiger partial charge in [-0.15, -0.1) is 0 Å². The molecule has 0 bridgehead atoms. The smallest absolute Gasteiger partial charge is 0.262 e. The van der Waals surface area contributed by atoms with E-state index in [2.05, 4.69) is 6.07 Å². The molecule has 0 spiro atoms. The summed E-state index contributed by atoms with van der Waals surface area (Å²) in [7, 11) is 0. The van der Waals surface area contributed by atoms with Gasteiger partial charge >= 0.3 is 0 Å². The Bertz CT molecular complexity index is 1400. The van der Waals surface area contributed by atoms with Crippen molar-refractivity contribution in [3.8, 4) is 0 Å². The summed E-state index contributed by atoms with van der Waals surface area (Å²) >= 11 is 7.36. The first-order valence-electron chi connectivity index (χ1n) is 10.8. The van der Waals surface area contributed by atoms with E-state index in [9.17, 15) is 9.59 Å². The molecule has 4 aromatic rings. The standard InChI is InChI=1S/C26H22ClN3O2S/c1-17(24(31)29-15-14-19-6-2-5-9-23(19)29)33-26-28-22-8-4-3-7-21(22)25(32)30(26)16-18-10-12-20(27)13-11-18/h2-13,17H,14-16H2,1H3/t17-/m0/s1. The van der Waals surface area contributed by atoms with Crippen LogP contribution in [0.1, 0.15) is 18.1 Å². The van der Waals surface area contributed by atoms with Gasteiger partial charge in [-0.05, 0) is 54.8 Å². The van der Waals surface area contributed by atoms with Gasteiger partial charge in [0.25, 0.3) is 5.56 Å². The van der Waals surface area contributed by atoms with Crippen LogP contribution in [0.15, 0.2) is 82.7 Å². The van der Waals surface area contributed by atoms with Crippen LogP contribution < -0.4 is 10.5 Å². The normalized spacial score (nSPS) is 13.8. The lowest BCUT2D eigenvalue weighted by molar-refractivity contribution is -0.117.